The molecular weight excluding hydrogens is 290 g/mol. The van der Waals surface area contributed by atoms with Crippen LogP contribution < -0.4 is 5.32 Å². The van der Waals surface area contributed by atoms with Crippen molar-refractivity contribution in [3.63, 3.8) is 0 Å². The van der Waals surface area contributed by atoms with Gasteiger partial charge in [-0.15, -0.1) is 11.3 Å². The molecule has 0 unspecified atom stereocenters. The third kappa shape index (κ3) is 2.72. The third-order valence-electron chi connectivity index (χ3n) is 2.84. The van der Waals surface area contributed by atoms with Gasteiger partial charge in [-0.3, -0.25) is 14.9 Å². The molecule has 1 amide bonds. The number of non-ortho nitro benzene ring substituents is 1. The quantitative estimate of drug-likeness (QED) is 0.593. The van der Waals surface area contributed by atoms with Crippen molar-refractivity contribution in [2.75, 3.05) is 5.32 Å². The first-order chi connectivity index (χ1) is 10.1. The molecule has 0 bridgehead atoms. The highest BCUT2D eigenvalue weighted by molar-refractivity contribution is 7.20. The fraction of sp³-hybridized carbons (Fsp3) is 0. The zero-order valence-electron chi connectivity index (χ0n) is 10.6. The molecule has 0 aliphatic rings. The predicted molar refractivity (Wildman–Crippen MR) is 80.7 cm³/mol. The Bertz CT molecular complexity index is 830. The van der Waals surface area contributed by atoms with Gasteiger partial charge in [0.05, 0.1) is 9.80 Å². The number of benzene rings is 1. The van der Waals surface area contributed by atoms with Crippen LogP contribution in [0.3, 0.4) is 0 Å². The van der Waals surface area contributed by atoms with E-state index in [0.29, 0.717) is 16.1 Å². The number of fused-ring (bicyclic) bond motifs is 1. The molecule has 3 rings (SSSR count). The van der Waals surface area contributed by atoms with Crippen LogP contribution >= 0.6 is 11.3 Å². The topological polar surface area (TPSA) is 85.1 Å². The number of amides is 1. The van der Waals surface area contributed by atoms with Gasteiger partial charge in [-0.1, -0.05) is 6.07 Å². The van der Waals surface area contributed by atoms with Crippen LogP contribution in [0, 0.1) is 10.1 Å². The smallest absolute Gasteiger partial charge is 0.270 e. The first kappa shape index (κ1) is 13.2. The molecule has 0 radical (unpaired) electrons. The number of pyridine rings is 1. The number of carbonyl (C=O) groups is 1. The summed E-state index contributed by atoms with van der Waals surface area (Å²) in [5, 5.41) is 14.1. The number of nitro benzene ring substituents is 1. The number of nitrogens with zero attached hydrogens (tertiary/aromatic N) is 2. The summed E-state index contributed by atoms with van der Waals surface area (Å²) >= 11 is 1.28. The summed E-state index contributed by atoms with van der Waals surface area (Å²) in [5.74, 6) is 0.184. The molecule has 1 aromatic carbocycles. The Morgan fingerprint density at radius 3 is 2.81 bits per heavy atom. The largest absolute Gasteiger partial charge is 0.306 e. The average Bonchev–Trinajstić information content (AvgIpc) is 2.91. The van der Waals surface area contributed by atoms with Crippen molar-refractivity contribution in [2.24, 2.45) is 0 Å². The molecule has 0 spiro atoms. The third-order valence-corrected chi connectivity index (χ3v) is 3.96. The van der Waals surface area contributed by atoms with Gasteiger partial charge in [0.25, 0.3) is 11.6 Å². The van der Waals surface area contributed by atoms with Gasteiger partial charge in [0.2, 0.25) is 0 Å². The molecule has 2 heterocycles. The lowest BCUT2D eigenvalue weighted by molar-refractivity contribution is -0.384. The first-order valence-corrected chi connectivity index (χ1v) is 6.85. The SMILES string of the molecule is O=C(Nc1ccccn1)c1cc2cc([N+](=O)[O-])ccc2s1. The molecule has 0 aliphatic carbocycles. The minimum absolute atomic E-state index is 0.0111. The Labute approximate surface area is 123 Å². The molecule has 0 saturated carbocycles. The van der Waals surface area contributed by atoms with Gasteiger partial charge >= 0.3 is 0 Å². The lowest BCUT2D eigenvalue weighted by atomic mass is 10.2. The first-order valence-electron chi connectivity index (χ1n) is 6.04. The summed E-state index contributed by atoms with van der Waals surface area (Å²) in [6.07, 6.45) is 1.59. The standard InChI is InChI=1S/C14H9N3O3S/c18-14(16-13-3-1-2-6-15-13)12-8-9-7-10(17(19)20)4-5-11(9)21-12/h1-8H,(H,15,16,18). The van der Waals surface area contributed by atoms with Gasteiger partial charge in [-0.25, -0.2) is 4.98 Å². The normalized spacial score (nSPS) is 10.5. The van der Waals surface area contributed by atoms with E-state index in [1.165, 1.54) is 23.5 Å². The second-order valence-electron chi connectivity index (χ2n) is 4.26. The molecule has 7 heteroatoms. The van der Waals surface area contributed by atoms with Crippen molar-refractivity contribution in [3.8, 4) is 0 Å². The number of carbonyl (C=O) groups excluding carboxylic acids is 1. The van der Waals surface area contributed by atoms with Crippen molar-refractivity contribution >= 4 is 38.8 Å². The van der Waals surface area contributed by atoms with E-state index in [4.69, 9.17) is 0 Å². The number of nitro groups is 1. The Hall–Kier alpha value is -2.80. The van der Waals surface area contributed by atoms with E-state index in [-0.39, 0.29) is 11.6 Å². The Morgan fingerprint density at radius 1 is 1.24 bits per heavy atom. The van der Waals surface area contributed by atoms with Crippen molar-refractivity contribution in [1.29, 1.82) is 0 Å². The van der Waals surface area contributed by atoms with Crippen LogP contribution in [0.5, 0.6) is 0 Å². The second-order valence-corrected chi connectivity index (χ2v) is 5.34. The molecule has 3 aromatic rings. The van der Waals surface area contributed by atoms with Crippen LogP contribution in [0.15, 0.2) is 48.7 Å². The number of hydrogen-bond acceptors (Lipinski definition) is 5. The minimum atomic E-state index is -0.454. The van der Waals surface area contributed by atoms with E-state index in [0.717, 1.165) is 4.70 Å². The van der Waals surface area contributed by atoms with Gasteiger partial charge in [-0.2, -0.15) is 0 Å². The van der Waals surface area contributed by atoms with Crippen molar-refractivity contribution in [1.82, 2.24) is 4.98 Å². The van der Waals surface area contributed by atoms with Crippen LogP contribution in [-0.2, 0) is 0 Å². The molecule has 1 N–H and O–H groups in total. The van der Waals surface area contributed by atoms with Gasteiger partial charge in [0, 0.05) is 28.4 Å². The van der Waals surface area contributed by atoms with Gasteiger partial charge < -0.3 is 5.32 Å². The summed E-state index contributed by atoms with van der Waals surface area (Å²) in [5.41, 5.74) is 0.0111. The number of aromatic nitrogens is 1. The summed E-state index contributed by atoms with van der Waals surface area (Å²) in [7, 11) is 0. The molecule has 0 saturated heterocycles. The maximum atomic E-state index is 12.1. The van der Waals surface area contributed by atoms with Crippen LogP contribution in [0.1, 0.15) is 9.67 Å². The molecule has 6 nitrogen and oxygen atoms in total. The molecule has 104 valence electrons. The maximum absolute atomic E-state index is 12.1. The van der Waals surface area contributed by atoms with Crippen molar-refractivity contribution in [2.45, 2.75) is 0 Å². The van der Waals surface area contributed by atoms with Crippen molar-refractivity contribution < 1.29 is 9.72 Å². The molecule has 2 aromatic heterocycles. The Balaban J connectivity index is 1.90. The zero-order valence-corrected chi connectivity index (χ0v) is 11.5. The van der Waals surface area contributed by atoms with E-state index in [1.807, 2.05) is 0 Å². The number of rotatable bonds is 3. The highest BCUT2D eigenvalue weighted by Crippen LogP contribution is 2.29. The Kier molecular flexibility index (Phi) is 3.33. The van der Waals surface area contributed by atoms with Gasteiger partial charge in [0.15, 0.2) is 0 Å². The molecular formula is C14H9N3O3S. The monoisotopic (exact) mass is 299 g/mol. The van der Waals surface area contributed by atoms with Crippen LogP contribution in [0.2, 0.25) is 0 Å². The molecule has 21 heavy (non-hydrogen) atoms. The van der Waals surface area contributed by atoms with E-state index in [9.17, 15) is 14.9 Å². The number of nitrogens with one attached hydrogen (secondary N) is 1. The lowest BCUT2D eigenvalue weighted by Crippen LogP contribution is -2.10. The van der Waals surface area contributed by atoms with Crippen LogP contribution in [-0.4, -0.2) is 15.8 Å². The summed E-state index contributed by atoms with van der Waals surface area (Å²) in [4.78, 5) is 26.9. The second kappa shape index (κ2) is 5.29. The predicted octanol–water partition coefficient (Wildman–Crippen LogP) is 3.46. The average molecular weight is 299 g/mol. The maximum Gasteiger partial charge on any atom is 0.270 e. The minimum Gasteiger partial charge on any atom is -0.306 e. The van der Waals surface area contributed by atoms with E-state index in [2.05, 4.69) is 10.3 Å². The van der Waals surface area contributed by atoms with E-state index in [1.54, 1.807) is 36.5 Å². The van der Waals surface area contributed by atoms with Crippen LogP contribution in [0.25, 0.3) is 10.1 Å². The summed E-state index contributed by atoms with van der Waals surface area (Å²) < 4.78 is 0.826. The Morgan fingerprint density at radius 2 is 2.10 bits per heavy atom. The van der Waals surface area contributed by atoms with E-state index < -0.39 is 4.92 Å². The lowest BCUT2D eigenvalue weighted by Gasteiger charge is -2.00. The fourth-order valence-electron chi connectivity index (χ4n) is 1.87. The van der Waals surface area contributed by atoms with Crippen molar-refractivity contribution in [3.05, 3.63) is 63.7 Å². The van der Waals surface area contributed by atoms with Crippen LogP contribution in [0.4, 0.5) is 11.5 Å². The van der Waals surface area contributed by atoms with Gasteiger partial charge in [-0.05, 0) is 24.3 Å². The van der Waals surface area contributed by atoms with E-state index >= 15 is 0 Å². The summed E-state index contributed by atoms with van der Waals surface area (Å²) in [6, 6.07) is 11.4. The zero-order chi connectivity index (χ0) is 14.8. The highest BCUT2D eigenvalue weighted by atomic mass is 32.1. The molecule has 0 atom stereocenters. The summed E-state index contributed by atoms with van der Waals surface area (Å²) in [6.45, 7) is 0. The highest BCUT2D eigenvalue weighted by Gasteiger charge is 2.13. The van der Waals surface area contributed by atoms with Gasteiger partial charge in [0.1, 0.15) is 5.82 Å². The number of hydrogen-bond donors (Lipinski definition) is 1. The fourth-order valence-corrected chi connectivity index (χ4v) is 2.81. The molecule has 0 fully saturated rings. The molecule has 0 aliphatic heterocycles. The number of anilines is 1. The number of thiophene rings is 1.